The van der Waals surface area contributed by atoms with E-state index in [1.807, 2.05) is 18.2 Å². The van der Waals surface area contributed by atoms with E-state index >= 15 is 0 Å². The Morgan fingerprint density at radius 1 is 0.894 bits per heavy atom. The SMILES string of the molecule is CN(C(=O)[C@@]1(C)CCC[C@]2(C)c3cc(N)ccc3CC[C@@H]12)C(=O)[C@@]1(C)CCC[C@]2(C)c3cc(NC(=O)[C@@H](N)CO)ccc3CC[C@@]12C. The van der Waals surface area contributed by atoms with E-state index in [1.54, 1.807) is 7.05 Å². The number of carbonyl (C=O) groups excluding carboxylic acids is 3. The number of nitrogen functional groups attached to an aromatic ring is 1. The molecule has 0 aliphatic heterocycles. The second-order valence-electron chi connectivity index (χ2n) is 16.4. The van der Waals surface area contributed by atoms with Crippen LogP contribution < -0.4 is 16.8 Å². The van der Waals surface area contributed by atoms with Gasteiger partial charge in [-0.3, -0.25) is 19.3 Å². The number of nitrogens with one attached hydrogen (secondary N) is 1. The number of benzene rings is 2. The largest absolute Gasteiger partial charge is 0.399 e. The van der Waals surface area contributed by atoms with Crippen LogP contribution in [-0.4, -0.2) is 47.4 Å². The average molecular weight is 643 g/mol. The maximum Gasteiger partial charge on any atom is 0.243 e. The summed E-state index contributed by atoms with van der Waals surface area (Å²) < 4.78 is 0. The molecule has 8 nitrogen and oxygen atoms in total. The number of amides is 3. The zero-order valence-electron chi connectivity index (χ0n) is 29.2. The monoisotopic (exact) mass is 642 g/mol. The topological polar surface area (TPSA) is 139 Å². The molecule has 0 heterocycles. The van der Waals surface area contributed by atoms with Gasteiger partial charge in [-0.2, -0.15) is 0 Å². The molecule has 2 saturated carbocycles. The number of hydrogen-bond acceptors (Lipinski definition) is 6. The Labute approximate surface area is 280 Å². The van der Waals surface area contributed by atoms with Crippen LogP contribution in [0.5, 0.6) is 0 Å². The van der Waals surface area contributed by atoms with Crippen LogP contribution >= 0.6 is 0 Å². The zero-order chi connectivity index (χ0) is 34.2. The molecule has 0 bridgehead atoms. The Balaban J connectivity index is 1.31. The lowest BCUT2D eigenvalue weighted by atomic mass is 9.41. The number of aliphatic hydroxyl groups is 1. The Morgan fingerprint density at radius 2 is 1.57 bits per heavy atom. The minimum absolute atomic E-state index is 0.0516. The molecule has 3 amide bonds. The molecule has 0 aromatic heterocycles. The minimum Gasteiger partial charge on any atom is -0.399 e. The number of aryl methyl sites for hydroxylation is 2. The molecule has 4 aliphatic rings. The zero-order valence-corrected chi connectivity index (χ0v) is 29.2. The fourth-order valence-electron chi connectivity index (χ4n) is 11.0. The first kappa shape index (κ1) is 33.7. The predicted molar refractivity (Wildman–Crippen MR) is 186 cm³/mol. The van der Waals surface area contributed by atoms with Gasteiger partial charge in [-0.25, -0.2) is 0 Å². The molecule has 2 fully saturated rings. The lowest BCUT2D eigenvalue weighted by Crippen LogP contribution is -2.64. The van der Waals surface area contributed by atoms with E-state index < -0.39 is 34.8 Å². The minimum atomic E-state index is -0.999. The van der Waals surface area contributed by atoms with E-state index in [2.05, 4.69) is 58.1 Å². The van der Waals surface area contributed by atoms with Crippen LogP contribution in [0.3, 0.4) is 0 Å². The summed E-state index contributed by atoms with van der Waals surface area (Å²) in [7, 11) is 1.73. The van der Waals surface area contributed by atoms with Crippen LogP contribution in [0.15, 0.2) is 36.4 Å². The lowest BCUT2D eigenvalue weighted by Gasteiger charge is -2.63. The van der Waals surface area contributed by atoms with Crippen LogP contribution in [0.4, 0.5) is 11.4 Å². The number of anilines is 2. The summed E-state index contributed by atoms with van der Waals surface area (Å²) in [5, 5.41) is 12.2. The Bertz CT molecular complexity index is 1620. The number of imide groups is 1. The highest BCUT2D eigenvalue weighted by Gasteiger charge is 2.65. The number of fused-ring (bicyclic) bond motifs is 6. The summed E-state index contributed by atoms with van der Waals surface area (Å²) >= 11 is 0. The Morgan fingerprint density at radius 3 is 2.30 bits per heavy atom. The molecule has 7 atom stereocenters. The van der Waals surface area contributed by atoms with E-state index in [9.17, 15) is 19.5 Å². The summed E-state index contributed by atoms with van der Waals surface area (Å²) in [5.74, 6) is -0.442. The van der Waals surface area contributed by atoms with Crippen LogP contribution in [0.2, 0.25) is 0 Å². The van der Waals surface area contributed by atoms with Crippen molar-refractivity contribution in [1.29, 1.82) is 0 Å². The van der Waals surface area contributed by atoms with Crippen molar-refractivity contribution in [3.63, 3.8) is 0 Å². The number of aliphatic hydroxyl groups excluding tert-OH is 1. The van der Waals surface area contributed by atoms with E-state index in [-0.39, 0.29) is 28.6 Å². The van der Waals surface area contributed by atoms with Crippen molar-refractivity contribution in [2.75, 3.05) is 24.7 Å². The van der Waals surface area contributed by atoms with Gasteiger partial charge in [0.05, 0.1) is 17.4 Å². The molecular formula is C39H54N4O4. The first-order valence-corrected chi connectivity index (χ1v) is 17.6. The Hall–Kier alpha value is -3.23. The number of nitrogens with two attached hydrogens (primary N) is 2. The second kappa shape index (κ2) is 11.4. The number of hydrogen-bond donors (Lipinski definition) is 4. The third-order valence-electron chi connectivity index (χ3n) is 14.1. The van der Waals surface area contributed by atoms with Gasteiger partial charge in [-0.05, 0) is 120 Å². The summed E-state index contributed by atoms with van der Waals surface area (Å²) in [4.78, 5) is 43.8. The normalized spacial score (nSPS) is 34.9. The van der Waals surface area contributed by atoms with Crippen LogP contribution in [-0.2, 0) is 38.1 Å². The first-order valence-electron chi connectivity index (χ1n) is 17.6. The highest BCUT2D eigenvalue weighted by atomic mass is 16.3. The van der Waals surface area contributed by atoms with Gasteiger partial charge in [0.2, 0.25) is 17.7 Å². The van der Waals surface area contributed by atoms with E-state index in [4.69, 9.17) is 11.5 Å². The smallest absolute Gasteiger partial charge is 0.243 e. The van der Waals surface area contributed by atoms with E-state index in [0.717, 1.165) is 75.5 Å². The molecule has 4 aliphatic carbocycles. The number of rotatable bonds is 5. The second-order valence-corrected chi connectivity index (χ2v) is 16.4. The fourth-order valence-corrected chi connectivity index (χ4v) is 11.0. The average Bonchev–Trinajstić information content (AvgIpc) is 3.04. The molecule has 0 spiro atoms. The summed E-state index contributed by atoms with van der Waals surface area (Å²) in [6.07, 6.45) is 8.68. The number of nitrogens with zero attached hydrogens (tertiary/aromatic N) is 1. The van der Waals surface area contributed by atoms with Crippen LogP contribution in [0.1, 0.15) is 108 Å². The Kier molecular flexibility index (Phi) is 8.19. The third-order valence-corrected chi connectivity index (χ3v) is 14.1. The van der Waals surface area contributed by atoms with Gasteiger partial charge in [0, 0.05) is 18.4 Å². The maximum absolute atomic E-state index is 15.0. The standard InChI is InChI=1S/C39H54N4O4/c1-35-16-7-17-36(2,31(35)14-11-24-9-12-26(40)21-28(24)35)33(46)43(6)34(47)38(4)19-8-18-37(3)29-22-27(42-32(45)30(41)23-44)13-10-25(29)15-20-39(37,38)5/h9-10,12-13,21-22,30-31,44H,7-8,11,14-20,23,40-41H2,1-6H3,(H,42,45)/t30-,31+,35+,36-,37+,38+,39+/m0/s1. The molecular weight excluding hydrogens is 588 g/mol. The van der Waals surface area contributed by atoms with E-state index in [1.165, 1.54) is 21.6 Å². The number of carbonyl (C=O) groups is 3. The van der Waals surface area contributed by atoms with Crippen molar-refractivity contribution >= 4 is 29.1 Å². The quantitative estimate of drug-likeness (QED) is 0.247. The molecule has 0 saturated heterocycles. The summed E-state index contributed by atoms with van der Waals surface area (Å²) in [5.41, 5.74) is 16.1. The van der Waals surface area contributed by atoms with Gasteiger partial charge >= 0.3 is 0 Å². The summed E-state index contributed by atoms with van der Waals surface area (Å²) in [6, 6.07) is 11.3. The van der Waals surface area contributed by atoms with Gasteiger partial charge < -0.3 is 21.9 Å². The van der Waals surface area contributed by atoms with Crippen molar-refractivity contribution in [3.05, 3.63) is 58.7 Å². The van der Waals surface area contributed by atoms with Gasteiger partial charge in [0.25, 0.3) is 0 Å². The fraction of sp³-hybridized carbons (Fsp3) is 0.615. The molecule has 2 aromatic rings. The molecule has 2 aromatic carbocycles. The van der Waals surface area contributed by atoms with Crippen LogP contribution in [0, 0.1) is 22.2 Å². The van der Waals surface area contributed by atoms with Gasteiger partial charge in [-0.1, -0.05) is 59.6 Å². The lowest BCUT2D eigenvalue weighted by molar-refractivity contribution is -0.171. The van der Waals surface area contributed by atoms with Crippen molar-refractivity contribution < 1.29 is 19.5 Å². The van der Waals surface area contributed by atoms with Crippen LogP contribution in [0.25, 0.3) is 0 Å². The first-order chi connectivity index (χ1) is 22.1. The third kappa shape index (κ3) is 4.79. The molecule has 0 radical (unpaired) electrons. The van der Waals surface area contributed by atoms with Gasteiger partial charge in [0.15, 0.2) is 0 Å². The van der Waals surface area contributed by atoms with Crippen molar-refractivity contribution in [2.45, 2.75) is 116 Å². The molecule has 47 heavy (non-hydrogen) atoms. The van der Waals surface area contributed by atoms with Crippen molar-refractivity contribution in [1.82, 2.24) is 4.90 Å². The van der Waals surface area contributed by atoms with Crippen molar-refractivity contribution in [3.8, 4) is 0 Å². The van der Waals surface area contributed by atoms with E-state index in [0.29, 0.717) is 5.69 Å². The highest BCUT2D eigenvalue weighted by Crippen LogP contribution is 2.66. The molecule has 8 heteroatoms. The van der Waals surface area contributed by atoms with Gasteiger partial charge in [0.1, 0.15) is 6.04 Å². The molecule has 0 unspecified atom stereocenters. The summed E-state index contributed by atoms with van der Waals surface area (Å²) in [6.45, 7) is 10.6. The molecule has 6 N–H and O–H groups in total. The molecule has 6 rings (SSSR count). The van der Waals surface area contributed by atoms with Gasteiger partial charge in [-0.15, -0.1) is 0 Å². The van der Waals surface area contributed by atoms with Crippen molar-refractivity contribution in [2.24, 2.45) is 27.9 Å². The molecule has 254 valence electrons. The predicted octanol–water partition coefficient (Wildman–Crippen LogP) is 5.62. The highest BCUT2D eigenvalue weighted by molar-refractivity contribution is 6.01. The maximum atomic E-state index is 15.0.